The van der Waals surface area contributed by atoms with Crippen molar-refractivity contribution in [2.45, 2.75) is 117 Å². The van der Waals surface area contributed by atoms with Crippen LogP contribution < -0.4 is 21.3 Å². The van der Waals surface area contributed by atoms with Crippen LogP contribution in [-0.2, 0) is 28.4 Å². The lowest BCUT2D eigenvalue weighted by Gasteiger charge is -2.47. The Morgan fingerprint density at radius 2 is 1.21 bits per heavy atom. The van der Waals surface area contributed by atoms with Crippen molar-refractivity contribution in [3.63, 3.8) is 0 Å². The normalized spacial score (nSPS) is 32.3. The Kier molecular flexibility index (Phi) is 14.7. The predicted octanol–water partition coefficient (Wildman–Crippen LogP) is 3.92. The molecule has 2 saturated heterocycles. The van der Waals surface area contributed by atoms with E-state index in [0.717, 1.165) is 51.6 Å². The second kappa shape index (κ2) is 18.1. The first-order valence-corrected chi connectivity index (χ1v) is 18.8. The topological polar surface area (TPSA) is 178 Å². The van der Waals surface area contributed by atoms with Crippen LogP contribution in [0, 0.1) is 27.6 Å². The number of carbonyl (C=O) groups excluding carboxylic acids is 2. The highest BCUT2D eigenvalue weighted by Crippen LogP contribution is 2.47. The van der Waals surface area contributed by atoms with Gasteiger partial charge in [-0.2, -0.15) is 0 Å². The molecule has 2 aliphatic carbocycles. The second-order valence-corrected chi connectivity index (χ2v) is 18.0. The molecule has 0 bridgehead atoms. The maximum Gasteiger partial charge on any atom is 0.407 e. The summed E-state index contributed by atoms with van der Waals surface area (Å²) in [5.74, 6) is 0.747. The third-order valence-corrected chi connectivity index (χ3v) is 10.4. The van der Waals surface area contributed by atoms with Gasteiger partial charge in [-0.25, -0.2) is 9.59 Å². The molecular formula is C38H66N4O10. The summed E-state index contributed by atoms with van der Waals surface area (Å²) in [6.07, 6.45) is 2.37. The lowest BCUT2D eigenvalue weighted by atomic mass is 9.62. The molecule has 52 heavy (non-hydrogen) atoms. The number of hydrogen-bond acceptors (Lipinski definition) is 12. The first-order chi connectivity index (χ1) is 24.3. The predicted molar refractivity (Wildman–Crippen MR) is 195 cm³/mol. The van der Waals surface area contributed by atoms with E-state index in [1.165, 1.54) is 0 Å². The number of ether oxygens (including phenoxy) is 6. The van der Waals surface area contributed by atoms with Crippen LogP contribution in [0.4, 0.5) is 9.59 Å². The molecule has 0 radical (unpaired) electrons. The Labute approximate surface area is 310 Å². The highest BCUT2D eigenvalue weighted by molar-refractivity contribution is 5.68. The molecule has 298 valence electrons. The van der Waals surface area contributed by atoms with Crippen molar-refractivity contribution in [3.8, 4) is 0 Å². The van der Waals surface area contributed by atoms with Crippen LogP contribution in [0.25, 0.3) is 0 Å². The second-order valence-electron chi connectivity index (χ2n) is 18.0. The van der Waals surface area contributed by atoms with Gasteiger partial charge in [0, 0.05) is 37.7 Å². The van der Waals surface area contributed by atoms with E-state index in [4.69, 9.17) is 28.4 Å². The van der Waals surface area contributed by atoms with Crippen molar-refractivity contribution in [1.29, 1.82) is 0 Å². The van der Waals surface area contributed by atoms with E-state index in [1.54, 1.807) is 0 Å². The Morgan fingerprint density at radius 1 is 0.769 bits per heavy atom. The standard InChI is InChI=1S/C38H66N4O10/c1-25-17-47-31(51-25)14-39-23-37(7)12-28(10-35(3,4)21-37)41-33(45)49-19-27(16-43)9-30(44)20-50-34(46)42-29-11-36(5,6)22-38(8,13-29)24-40-15-32-48-18-26(2)52-32/h27-32,39-40,43-44H,1-2,9-24H2,3-8H3,(H,41,45)(H,42,46). The van der Waals surface area contributed by atoms with Gasteiger partial charge in [0.15, 0.2) is 0 Å². The SMILES string of the molecule is C=C1COC(CNCC2(C)CC(NC(=O)OCC(O)CC(CO)COC(=O)NC3CC(C)(C)CC(C)(CNCC4OCC(=C)O4)C3)CC(C)(C)C2)O1. The van der Waals surface area contributed by atoms with E-state index in [0.29, 0.717) is 37.8 Å². The minimum absolute atomic E-state index is 0.00234. The summed E-state index contributed by atoms with van der Waals surface area (Å²) < 4.78 is 33.1. The van der Waals surface area contributed by atoms with Crippen LogP contribution >= 0.6 is 0 Å². The Hall–Kier alpha value is -2.62. The zero-order valence-corrected chi connectivity index (χ0v) is 32.4. The van der Waals surface area contributed by atoms with Crippen molar-refractivity contribution in [3.05, 3.63) is 24.7 Å². The Bertz CT molecular complexity index is 1230. The molecule has 0 aromatic carbocycles. The number of hydrogen-bond donors (Lipinski definition) is 6. The summed E-state index contributed by atoms with van der Waals surface area (Å²) in [6, 6.07) is -0.181. The molecule has 2 heterocycles. The fourth-order valence-electron chi connectivity index (χ4n) is 9.24. The fourth-order valence-corrected chi connectivity index (χ4v) is 9.24. The maximum atomic E-state index is 12.9. The molecule has 0 aromatic rings. The van der Waals surface area contributed by atoms with E-state index < -0.39 is 24.2 Å². The number of aliphatic hydroxyl groups is 2. The molecule has 0 aromatic heterocycles. The van der Waals surface area contributed by atoms with E-state index in [2.05, 4.69) is 76.0 Å². The van der Waals surface area contributed by atoms with Crippen LogP contribution in [0.1, 0.15) is 86.5 Å². The Morgan fingerprint density at radius 3 is 1.62 bits per heavy atom. The van der Waals surface area contributed by atoms with E-state index in [9.17, 15) is 19.8 Å². The van der Waals surface area contributed by atoms with Crippen molar-refractivity contribution in [1.82, 2.24) is 21.3 Å². The van der Waals surface area contributed by atoms with Crippen molar-refractivity contribution >= 4 is 12.2 Å². The fraction of sp³-hybridized carbons (Fsp3) is 0.842. The van der Waals surface area contributed by atoms with Gasteiger partial charge >= 0.3 is 12.2 Å². The van der Waals surface area contributed by atoms with E-state index >= 15 is 0 Å². The lowest BCUT2D eigenvalue weighted by Crippen LogP contribution is -2.50. The molecule has 8 unspecified atom stereocenters. The third kappa shape index (κ3) is 14.0. The van der Waals surface area contributed by atoms with Gasteiger partial charge in [-0.1, -0.05) is 54.7 Å². The highest BCUT2D eigenvalue weighted by atomic mass is 16.7. The van der Waals surface area contributed by atoms with Gasteiger partial charge in [0.05, 0.1) is 25.8 Å². The molecule has 4 rings (SSSR count). The molecule has 4 fully saturated rings. The van der Waals surface area contributed by atoms with Crippen LogP contribution in [0.2, 0.25) is 0 Å². The van der Waals surface area contributed by atoms with Crippen molar-refractivity contribution in [2.75, 3.05) is 59.2 Å². The van der Waals surface area contributed by atoms with Crippen molar-refractivity contribution < 1.29 is 48.2 Å². The summed E-state index contributed by atoms with van der Waals surface area (Å²) in [5, 5.41) is 33.5. The monoisotopic (exact) mass is 738 g/mol. The maximum absolute atomic E-state index is 12.9. The smallest absolute Gasteiger partial charge is 0.407 e. The minimum Gasteiger partial charge on any atom is -0.466 e. The highest BCUT2D eigenvalue weighted by Gasteiger charge is 2.43. The van der Waals surface area contributed by atoms with Gasteiger partial charge < -0.3 is 59.9 Å². The molecule has 2 aliphatic heterocycles. The first kappa shape index (κ1) is 42.1. The summed E-state index contributed by atoms with van der Waals surface area (Å²) in [5.41, 5.74) is -0.134. The molecule has 14 nitrogen and oxygen atoms in total. The first-order valence-electron chi connectivity index (χ1n) is 18.8. The largest absolute Gasteiger partial charge is 0.466 e. The zero-order valence-electron chi connectivity index (χ0n) is 32.4. The van der Waals surface area contributed by atoms with Gasteiger partial charge in [-0.3, -0.25) is 0 Å². The third-order valence-electron chi connectivity index (χ3n) is 10.4. The van der Waals surface area contributed by atoms with Crippen molar-refractivity contribution in [2.24, 2.45) is 27.6 Å². The van der Waals surface area contributed by atoms with Crippen LogP contribution in [0.3, 0.4) is 0 Å². The summed E-state index contributed by atoms with van der Waals surface area (Å²) in [6.45, 7) is 23.6. The average Bonchev–Trinajstić information content (AvgIpc) is 3.62. The van der Waals surface area contributed by atoms with Crippen LogP contribution in [0.15, 0.2) is 24.7 Å². The molecular weight excluding hydrogens is 672 g/mol. The number of aliphatic hydroxyl groups excluding tert-OH is 2. The minimum atomic E-state index is -1.03. The molecule has 6 N–H and O–H groups in total. The number of alkyl carbamates (subject to hydrolysis) is 2. The van der Waals surface area contributed by atoms with Gasteiger partial charge in [0.25, 0.3) is 0 Å². The molecule has 2 saturated carbocycles. The molecule has 4 aliphatic rings. The quantitative estimate of drug-likeness (QED) is 0.127. The van der Waals surface area contributed by atoms with Gasteiger partial charge in [-0.05, 0) is 66.6 Å². The van der Waals surface area contributed by atoms with Gasteiger partial charge in [0.1, 0.15) is 31.3 Å². The summed E-state index contributed by atoms with van der Waals surface area (Å²) in [7, 11) is 0. The molecule has 0 spiro atoms. The number of rotatable bonds is 17. The van der Waals surface area contributed by atoms with Gasteiger partial charge in [0.2, 0.25) is 12.6 Å². The van der Waals surface area contributed by atoms with Crippen LogP contribution in [0.5, 0.6) is 0 Å². The Balaban J connectivity index is 1.14. The van der Waals surface area contributed by atoms with Crippen LogP contribution in [-0.4, -0.2) is 112 Å². The number of amides is 2. The molecule has 8 atom stereocenters. The summed E-state index contributed by atoms with van der Waals surface area (Å²) >= 11 is 0. The zero-order chi connectivity index (χ0) is 38.2. The average molecular weight is 739 g/mol. The lowest BCUT2D eigenvalue weighted by molar-refractivity contribution is -0.0327. The van der Waals surface area contributed by atoms with E-state index in [1.807, 2.05) is 0 Å². The van der Waals surface area contributed by atoms with Gasteiger partial charge in [-0.15, -0.1) is 0 Å². The van der Waals surface area contributed by atoms with E-state index in [-0.39, 0.29) is 72.6 Å². The summed E-state index contributed by atoms with van der Waals surface area (Å²) in [4.78, 5) is 25.6. The molecule has 2 amide bonds. The number of carbonyl (C=O) groups is 2. The molecule has 14 heteroatoms. The number of nitrogens with one attached hydrogen (secondary N) is 4.